The van der Waals surface area contributed by atoms with Crippen molar-refractivity contribution in [3.8, 4) is 0 Å². The van der Waals surface area contributed by atoms with E-state index in [0.29, 0.717) is 0 Å². The topological polar surface area (TPSA) is 87.5 Å². The molecule has 3 N–H and O–H groups in total. The van der Waals surface area contributed by atoms with Gasteiger partial charge in [-0.1, -0.05) is 255 Å². The molecule has 0 unspecified atom stereocenters. The summed E-state index contributed by atoms with van der Waals surface area (Å²) in [7, 11) is 2.44. The van der Waals surface area contributed by atoms with E-state index in [9.17, 15) is 0 Å². The Labute approximate surface area is 411 Å². The van der Waals surface area contributed by atoms with Crippen LogP contribution in [0.4, 0.5) is 0 Å². The summed E-state index contributed by atoms with van der Waals surface area (Å²) in [6, 6.07) is 2.54. The van der Waals surface area contributed by atoms with Crippen molar-refractivity contribution in [2.75, 3.05) is 40.8 Å². The zero-order valence-corrected chi connectivity index (χ0v) is 47.9. The molecule has 0 atom stereocenters. The van der Waals surface area contributed by atoms with Crippen molar-refractivity contribution >= 4 is 7.82 Å². The first kappa shape index (κ1) is 71.5. The average Bonchev–Trinajstić information content (AvgIpc) is 3.27. The van der Waals surface area contributed by atoms with Crippen LogP contribution in [0.3, 0.4) is 0 Å². The largest absolute Gasteiger partial charge is 0.466 e. The third kappa shape index (κ3) is 62.0. The van der Waals surface area contributed by atoms with E-state index in [1.807, 2.05) is 0 Å². The van der Waals surface area contributed by atoms with Gasteiger partial charge in [-0.2, -0.15) is 0 Å². The van der Waals surface area contributed by atoms with Crippen LogP contribution in [0.5, 0.6) is 0 Å². The highest BCUT2D eigenvalue weighted by atomic mass is 31.2. The smallest absolute Gasteiger partial charge is 0.303 e. The third-order valence-corrected chi connectivity index (χ3v) is 13.6. The van der Waals surface area contributed by atoms with E-state index in [2.05, 4.69) is 98.2 Å². The van der Waals surface area contributed by atoms with Gasteiger partial charge in [0.1, 0.15) is 0 Å². The molecule has 8 heteroatoms. The normalized spacial score (nSPS) is 11.7. The van der Waals surface area contributed by atoms with Crippen LogP contribution in [0, 0.1) is 0 Å². The highest BCUT2D eigenvalue weighted by molar-refractivity contribution is 7.45. The molecule has 0 heterocycles. The van der Waals surface area contributed by atoms with Crippen molar-refractivity contribution in [2.45, 2.75) is 331 Å². The van der Waals surface area contributed by atoms with Gasteiger partial charge in [0.2, 0.25) is 0 Å². The van der Waals surface area contributed by atoms with E-state index in [1.54, 1.807) is 0 Å². The molecule has 0 aliphatic heterocycles. The summed E-state index contributed by atoms with van der Waals surface area (Å²) in [5.41, 5.74) is 0. The highest BCUT2D eigenvalue weighted by Crippen LogP contribution is 2.26. The molecular formula is C57H126N3O4P. The maximum atomic E-state index is 8.88. The summed E-state index contributed by atoms with van der Waals surface area (Å²) >= 11 is 0. The van der Waals surface area contributed by atoms with Crippen molar-refractivity contribution < 1.29 is 19.2 Å². The second kappa shape index (κ2) is 58.3. The lowest BCUT2D eigenvalue weighted by Gasteiger charge is -2.28. The first-order valence-electron chi connectivity index (χ1n) is 29.2. The number of nitrogens with zero attached hydrogens (tertiary/aromatic N) is 3. The van der Waals surface area contributed by atoms with Gasteiger partial charge >= 0.3 is 7.82 Å². The molecule has 0 bridgehead atoms. The monoisotopic (exact) mass is 948 g/mol. The van der Waals surface area contributed by atoms with Crippen LogP contribution in [0.1, 0.15) is 313 Å². The number of hydrogen-bond acceptors (Lipinski definition) is 4. The molecule has 0 radical (unpaired) electrons. The Bertz CT molecular complexity index is 753. The molecule has 0 aromatic rings. The Morgan fingerprint density at radius 3 is 0.554 bits per heavy atom. The molecule has 0 spiro atoms. The Balaban J connectivity index is -0.000000407. The molecule has 0 saturated heterocycles. The molecule has 65 heavy (non-hydrogen) atoms. The van der Waals surface area contributed by atoms with Crippen LogP contribution in [-0.4, -0.2) is 88.3 Å². The Morgan fingerprint density at radius 2 is 0.415 bits per heavy atom. The average molecular weight is 949 g/mol. The van der Waals surface area contributed by atoms with Gasteiger partial charge in [-0.15, -0.1) is 0 Å². The minimum Gasteiger partial charge on any atom is -0.303 e. The fourth-order valence-corrected chi connectivity index (χ4v) is 8.98. The second-order valence-electron chi connectivity index (χ2n) is 20.1. The first-order valence-corrected chi connectivity index (χ1v) is 30.7. The van der Waals surface area contributed by atoms with Crippen molar-refractivity contribution in [3.63, 3.8) is 0 Å². The molecular weight excluding hydrogens is 822 g/mol. The third-order valence-electron chi connectivity index (χ3n) is 13.6. The minimum atomic E-state index is -4.64. The molecule has 7 nitrogen and oxygen atoms in total. The molecule has 0 aliphatic rings. The number of unbranched alkanes of at least 4 members (excludes halogenated alkanes) is 24. The van der Waals surface area contributed by atoms with Crippen molar-refractivity contribution in [3.05, 3.63) is 0 Å². The van der Waals surface area contributed by atoms with Gasteiger partial charge in [0, 0.05) is 18.1 Å². The molecule has 0 fully saturated rings. The lowest BCUT2D eigenvalue weighted by atomic mass is 9.99. The fourth-order valence-electron chi connectivity index (χ4n) is 8.98. The quantitative estimate of drug-likeness (QED) is 0.0414. The van der Waals surface area contributed by atoms with Gasteiger partial charge in [-0.25, -0.2) is 4.57 Å². The molecule has 0 aromatic heterocycles. The second-order valence-corrected chi connectivity index (χ2v) is 21.2. The standard InChI is InChI=1S/3C19H41N.H3O4P/c3*1-5-8-11-13-16-19(17-14-12-9-6-2)20(4)18-15-10-7-3;1-5(2,3)4/h3*19H,5-18H2,1-4H3;(H3,1,2,3,4). The van der Waals surface area contributed by atoms with Gasteiger partial charge in [-0.3, -0.25) is 0 Å². The highest BCUT2D eigenvalue weighted by Gasteiger charge is 2.16. The van der Waals surface area contributed by atoms with Gasteiger partial charge in [0.05, 0.1) is 0 Å². The lowest BCUT2D eigenvalue weighted by molar-refractivity contribution is 0.206. The number of hydrogen-bond donors (Lipinski definition) is 3. The summed E-state index contributed by atoms with van der Waals surface area (Å²) in [5, 5.41) is 0. The molecule has 398 valence electrons. The number of rotatable bonds is 45. The summed E-state index contributed by atoms with van der Waals surface area (Å²) in [4.78, 5) is 29.5. The van der Waals surface area contributed by atoms with Gasteiger partial charge in [0.15, 0.2) is 0 Å². The van der Waals surface area contributed by atoms with E-state index < -0.39 is 7.82 Å². The van der Waals surface area contributed by atoms with Gasteiger partial charge in [0.25, 0.3) is 0 Å². The van der Waals surface area contributed by atoms with Crippen LogP contribution < -0.4 is 0 Å². The van der Waals surface area contributed by atoms with Crippen molar-refractivity contribution in [2.24, 2.45) is 0 Å². The van der Waals surface area contributed by atoms with E-state index in [4.69, 9.17) is 19.2 Å². The first-order chi connectivity index (χ1) is 31.3. The Kier molecular flexibility index (Phi) is 64.2. The maximum Gasteiger partial charge on any atom is 0.466 e. The molecule has 0 rings (SSSR count). The lowest BCUT2D eigenvalue weighted by Crippen LogP contribution is -2.32. The summed E-state index contributed by atoms with van der Waals surface area (Å²) in [6.07, 6.45) is 54.8. The Hall–Kier alpha value is -0.0100. The summed E-state index contributed by atoms with van der Waals surface area (Å²) < 4.78 is 8.88. The van der Waals surface area contributed by atoms with Crippen LogP contribution in [-0.2, 0) is 4.57 Å². The van der Waals surface area contributed by atoms with Crippen molar-refractivity contribution in [1.29, 1.82) is 0 Å². The van der Waals surface area contributed by atoms with E-state index in [-0.39, 0.29) is 0 Å². The van der Waals surface area contributed by atoms with Gasteiger partial charge < -0.3 is 29.4 Å². The van der Waals surface area contributed by atoms with Gasteiger partial charge in [-0.05, 0) is 98.6 Å². The van der Waals surface area contributed by atoms with E-state index >= 15 is 0 Å². The molecule has 0 saturated carbocycles. The van der Waals surface area contributed by atoms with Crippen molar-refractivity contribution in [1.82, 2.24) is 14.7 Å². The summed E-state index contributed by atoms with van der Waals surface area (Å²) in [5.74, 6) is 0. The fraction of sp³-hybridized carbons (Fsp3) is 1.00. The zero-order chi connectivity index (χ0) is 49.7. The predicted molar refractivity (Wildman–Crippen MR) is 295 cm³/mol. The van der Waals surface area contributed by atoms with Crippen LogP contribution in [0.15, 0.2) is 0 Å². The van der Waals surface area contributed by atoms with Crippen LogP contribution in [0.25, 0.3) is 0 Å². The predicted octanol–water partition coefficient (Wildman–Crippen LogP) is 18.3. The van der Waals surface area contributed by atoms with E-state index in [0.717, 1.165) is 18.1 Å². The summed E-state index contributed by atoms with van der Waals surface area (Å²) in [6.45, 7) is 24.6. The molecule has 0 amide bonds. The SMILES string of the molecule is CCCCCCC(CCCCCC)N(C)CCCCC.CCCCCCC(CCCCCC)N(C)CCCCC.CCCCCCC(CCCCCC)N(C)CCCCC.O=P(O)(O)O. The van der Waals surface area contributed by atoms with Crippen LogP contribution >= 0.6 is 7.82 Å². The molecule has 0 aromatic carbocycles. The van der Waals surface area contributed by atoms with E-state index in [1.165, 1.54) is 270 Å². The molecule has 0 aliphatic carbocycles. The van der Waals surface area contributed by atoms with Crippen LogP contribution in [0.2, 0.25) is 0 Å². The zero-order valence-electron chi connectivity index (χ0n) is 47.0. The minimum absolute atomic E-state index is 0.848. The Morgan fingerprint density at radius 1 is 0.277 bits per heavy atom. The maximum absolute atomic E-state index is 8.88. The number of phosphoric acid groups is 1.